The van der Waals surface area contributed by atoms with Gasteiger partial charge in [0.2, 0.25) is 5.43 Å². The summed E-state index contributed by atoms with van der Waals surface area (Å²) in [6.45, 7) is 7.09. The van der Waals surface area contributed by atoms with Crippen molar-refractivity contribution >= 4 is 17.5 Å². The highest BCUT2D eigenvalue weighted by atomic mass is 19.4. The number of pyridine rings is 1. The number of amides is 2. The van der Waals surface area contributed by atoms with Crippen molar-refractivity contribution in [2.75, 3.05) is 37.6 Å². The summed E-state index contributed by atoms with van der Waals surface area (Å²) in [5.41, 5.74) is -1.10. The van der Waals surface area contributed by atoms with Gasteiger partial charge in [-0.15, -0.1) is 0 Å². The van der Waals surface area contributed by atoms with E-state index in [1.165, 1.54) is 23.4 Å². The molecular weight excluding hydrogens is 449 g/mol. The Hall–Kier alpha value is -3.30. The number of nitrogens with one attached hydrogen (secondary N) is 1. The lowest BCUT2D eigenvalue weighted by atomic mass is 10.1. The summed E-state index contributed by atoms with van der Waals surface area (Å²) in [7, 11) is 0. The number of nitrogens with zero attached hydrogens (tertiary/aromatic N) is 3. The summed E-state index contributed by atoms with van der Waals surface area (Å²) < 4.78 is 40.9. The van der Waals surface area contributed by atoms with E-state index in [4.69, 9.17) is 0 Å². The first-order valence-corrected chi connectivity index (χ1v) is 11.3. The predicted molar refractivity (Wildman–Crippen MR) is 123 cm³/mol. The number of hydrogen-bond acceptors (Lipinski definition) is 4. The Morgan fingerprint density at radius 3 is 2.29 bits per heavy atom. The molecule has 1 aliphatic heterocycles. The van der Waals surface area contributed by atoms with Crippen LogP contribution in [0.5, 0.6) is 0 Å². The summed E-state index contributed by atoms with van der Waals surface area (Å²) in [6.07, 6.45) is -0.732. The van der Waals surface area contributed by atoms with Gasteiger partial charge in [-0.1, -0.05) is 13.0 Å². The van der Waals surface area contributed by atoms with E-state index in [0.717, 1.165) is 18.6 Å². The van der Waals surface area contributed by atoms with Crippen molar-refractivity contribution in [3.8, 4) is 0 Å². The van der Waals surface area contributed by atoms with E-state index < -0.39 is 29.0 Å². The fourth-order valence-electron chi connectivity index (χ4n) is 3.85. The van der Waals surface area contributed by atoms with Crippen molar-refractivity contribution < 1.29 is 22.8 Å². The fraction of sp³-hybridized carbons (Fsp3) is 0.458. The van der Waals surface area contributed by atoms with Crippen molar-refractivity contribution in [2.45, 2.75) is 39.4 Å². The van der Waals surface area contributed by atoms with Crippen LogP contribution in [0.3, 0.4) is 0 Å². The van der Waals surface area contributed by atoms with Crippen LogP contribution in [0.2, 0.25) is 0 Å². The zero-order valence-electron chi connectivity index (χ0n) is 19.5. The number of anilines is 1. The molecule has 0 radical (unpaired) electrons. The summed E-state index contributed by atoms with van der Waals surface area (Å²) in [5, 5.41) is 2.61. The third-order valence-electron chi connectivity index (χ3n) is 6.06. The van der Waals surface area contributed by atoms with Crippen LogP contribution in [0.15, 0.2) is 41.5 Å². The first kappa shape index (κ1) is 25.3. The van der Waals surface area contributed by atoms with E-state index in [9.17, 15) is 27.6 Å². The van der Waals surface area contributed by atoms with Crippen LogP contribution in [-0.4, -0.2) is 54.0 Å². The number of piperazine rings is 1. The van der Waals surface area contributed by atoms with Gasteiger partial charge in [-0.25, -0.2) is 0 Å². The number of rotatable bonds is 6. The first-order chi connectivity index (χ1) is 16.1. The summed E-state index contributed by atoms with van der Waals surface area (Å²) in [6, 6.07) is 5.05. The van der Waals surface area contributed by atoms with E-state index >= 15 is 0 Å². The van der Waals surface area contributed by atoms with Gasteiger partial charge in [-0.2, -0.15) is 13.2 Å². The van der Waals surface area contributed by atoms with Gasteiger partial charge in [0.15, 0.2) is 0 Å². The third-order valence-corrected chi connectivity index (χ3v) is 6.06. The molecule has 0 bridgehead atoms. The lowest BCUT2D eigenvalue weighted by molar-refractivity contribution is -0.137. The zero-order valence-corrected chi connectivity index (χ0v) is 19.5. The minimum atomic E-state index is -4.43. The van der Waals surface area contributed by atoms with Crippen molar-refractivity contribution in [2.24, 2.45) is 0 Å². The highest BCUT2D eigenvalue weighted by molar-refractivity contribution is 5.99. The predicted octanol–water partition coefficient (Wildman–Crippen LogP) is 3.55. The molecule has 1 fully saturated rings. The molecule has 7 nitrogen and oxygen atoms in total. The number of carbonyl (C=O) groups is 2. The number of benzene rings is 1. The molecule has 1 aromatic carbocycles. The molecule has 34 heavy (non-hydrogen) atoms. The lowest BCUT2D eigenvalue weighted by Crippen LogP contribution is -2.50. The molecule has 3 rings (SSSR count). The van der Waals surface area contributed by atoms with Crippen molar-refractivity contribution in [3.63, 3.8) is 0 Å². The van der Waals surface area contributed by atoms with Crippen LogP contribution in [-0.2, 0) is 6.18 Å². The fourth-order valence-corrected chi connectivity index (χ4v) is 3.85. The quantitative estimate of drug-likeness (QED) is 0.689. The van der Waals surface area contributed by atoms with Crippen LogP contribution in [0.4, 0.5) is 18.9 Å². The van der Waals surface area contributed by atoms with E-state index in [1.54, 1.807) is 22.5 Å². The van der Waals surface area contributed by atoms with Crippen LogP contribution in [0.1, 0.15) is 59.5 Å². The molecule has 1 aliphatic rings. The van der Waals surface area contributed by atoms with Gasteiger partial charge in [0.25, 0.3) is 11.8 Å². The van der Waals surface area contributed by atoms with E-state index in [1.807, 2.05) is 13.8 Å². The van der Waals surface area contributed by atoms with E-state index in [0.29, 0.717) is 25.3 Å². The van der Waals surface area contributed by atoms with Gasteiger partial charge < -0.3 is 19.7 Å². The van der Waals surface area contributed by atoms with Crippen molar-refractivity contribution in [1.82, 2.24) is 14.8 Å². The van der Waals surface area contributed by atoms with Gasteiger partial charge in [0, 0.05) is 56.8 Å². The SMILES string of the molecule is CCNC(=O)c1cn(C(C)CC)cc(C(=O)N2CCN(c3cccc(C(F)(F)F)c3)CC2)c1=O. The third kappa shape index (κ3) is 5.43. The second kappa shape index (κ2) is 10.3. The van der Waals surface area contributed by atoms with Crippen LogP contribution < -0.4 is 15.6 Å². The average molecular weight is 479 g/mol. The Balaban J connectivity index is 1.82. The van der Waals surface area contributed by atoms with Gasteiger partial charge in [0.05, 0.1) is 5.56 Å². The molecule has 1 saturated heterocycles. The zero-order chi connectivity index (χ0) is 25.0. The molecule has 0 spiro atoms. The van der Waals surface area contributed by atoms with Crippen molar-refractivity contribution in [1.29, 1.82) is 0 Å². The number of aromatic nitrogens is 1. The Morgan fingerprint density at radius 1 is 1.06 bits per heavy atom. The smallest absolute Gasteiger partial charge is 0.368 e. The van der Waals surface area contributed by atoms with Gasteiger partial charge in [0.1, 0.15) is 11.1 Å². The minimum absolute atomic E-state index is 0.0296. The van der Waals surface area contributed by atoms with E-state index in [-0.39, 0.29) is 30.3 Å². The molecule has 0 saturated carbocycles. The first-order valence-electron chi connectivity index (χ1n) is 11.3. The van der Waals surface area contributed by atoms with Gasteiger partial charge in [-0.05, 0) is 38.5 Å². The maximum absolute atomic E-state index is 13.3. The molecule has 1 N–H and O–H groups in total. The molecule has 1 aromatic heterocycles. The highest BCUT2D eigenvalue weighted by Crippen LogP contribution is 2.32. The number of alkyl halides is 3. The Bertz CT molecular complexity index is 1110. The molecule has 2 amide bonds. The second-order valence-electron chi connectivity index (χ2n) is 8.31. The molecular formula is C24H29F3N4O3. The minimum Gasteiger partial charge on any atom is -0.368 e. The molecule has 2 aromatic rings. The van der Waals surface area contributed by atoms with Gasteiger partial charge >= 0.3 is 6.18 Å². The molecule has 184 valence electrons. The number of carbonyl (C=O) groups excluding carboxylic acids is 2. The van der Waals surface area contributed by atoms with E-state index in [2.05, 4.69) is 5.32 Å². The molecule has 2 heterocycles. The largest absolute Gasteiger partial charge is 0.416 e. The Morgan fingerprint density at radius 2 is 1.71 bits per heavy atom. The van der Waals surface area contributed by atoms with Crippen LogP contribution >= 0.6 is 0 Å². The normalized spacial score (nSPS) is 15.2. The highest BCUT2D eigenvalue weighted by Gasteiger charge is 2.32. The maximum Gasteiger partial charge on any atom is 0.416 e. The summed E-state index contributed by atoms with van der Waals surface area (Å²) >= 11 is 0. The Labute approximate surface area is 196 Å². The lowest BCUT2D eigenvalue weighted by Gasteiger charge is -2.36. The van der Waals surface area contributed by atoms with Gasteiger partial charge in [-0.3, -0.25) is 14.4 Å². The van der Waals surface area contributed by atoms with Crippen LogP contribution in [0.25, 0.3) is 0 Å². The van der Waals surface area contributed by atoms with Crippen LogP contribution in [0, 0.1) is 0 Å². The Kier molecular flexibility index (Phi) is 7.68. The summed E-state index contributed by atoms with van der Waals surface area (Å²) in [5.74, 6) is -1.02. The number of hydrogen-bond donors (Lipinski definition) is 1. The molecule has 10 heteroatoms. The standard InChI is InChI=1S/C24H29F3N4O3/c1-4-16(3)31-14-19(22(33)28-5-2)21(32)20(15-31)23(34)30-11-9-29(10-12-30)18-8-6-7-17(13-18)24(25,26)27/h6-8,13-16H,4-5,9-12H2,1-3H3,(H,28,33). The number of halogens is 3. The average Bonchev–Trinajstić information content (AvgIpc) is 2.83. The molecule has 1 unspecified atom stereocenters. The molecule has 0 aliphatic carbocycles. The summed E-state index contributed by atoms with van der Waals surface area (Å²) in [4.78, 5) is 42.0. The monoisotopic (exact) mass is 478 g/mol. The second-order valence-corrected chi connectivity index (χ2v) is 8.31. The maximum atomic E-state index is 13.3. The topological polar surface area (TPSA) is 74.7 Å². The van der Waals surface area contributed by atoms with Crippen molar-refractivity contribution in [3.05, 3.63) is 63.6 Å². The molecule has 1 atom stereocenters.